The number of carbonyl (C=O) groups excluding carboxylic acids is 1. The maximum Gasteiger partial charge on any atom is 0.240 e. The van der Waals surface area contributed by atoms with Crippen LogP contribution in [0.15, 0.2) is 53.3 Å². The number of pyridine rings is 1. The van der Waals surface area contributed by atoms with E-state index in [2.05, 4.69) is 44.0 Å². The fourth-order valence-corrected chi connectivity index (χ4v) is 4.39. The largest absolute Gasteiger partial charge is 0.370 e. The lowest BCUT2D eigenvalue weighted by atomic mass is 9.99. The van der Waals surface area contributed by atoms with Crippen molar-refractivity contribution in [1.29, 1.82) is 0 Å². The Kier molecular flexibility index (Phi) is 6.40. The van der Waals surface area contributed by atoms with Gasteiger partial charge in [0.1, 0.15) is 6.10 Å². The molecule has 2 saturated heterocycles. The van der Waals surface area contributed by atoms with Gasteiger partial charge in [0.15, 0.2) is 0 Å². The summed E-state index contributed by atoms with van der Waals surface area (Å²) in [6, 6.07) is 12.2. The SMILES string of the molecule is O=C(C1CCCCN1Cc1cccnc1)N1CCOC(c2ccc(Br)cc2)C1. The molecule has 148 valence electrons. The molecule has 0 bridgehead atoms. The van der Waals surface area contributed by atoms with Crippen LogP contribution in [0.1, 0.15) is 36.5 Å². The summed E-state index contributed by atoms with van der Waals surface area (Å²) in [4.78, 5) is 21.9. The van der Waals surface area contributed by atoms with Crippen LogP contribution < -0.4 is 0 Å². The number of rotatable bonds is 4. The first-order valence-corrected chi connectivity index (χ1v) is 10.8. The average Bonchev–Trinajstić information content (AvgIpc) is 2.75. The molecule has 0 radical (unpaired) electrons. The summed E-state index contributed by atoms with van der Waals surface area (Å²) in [6.07, 6.45) is 6.82. The van der Waals surface area contributed by atoms with Crippen molar-refractivity contribution in [3.8, 4) is 0 Å². The van der Waals surface area contributed by atoms with Crippen molar-refractivity contribution in [2.24, 2.45) is 0 Å². The number of hydrogen-bond donors (Lipinski definition) is 0. The number of amides is 1. The minimum atomic E-state index is -0.0545. The molecule has 3 heterocycles. The molecule has 2 aliphatic rings. The van der Waals surface area contributed by atoms with E-state index in [1.165, 1.54) is 0 Å². The van der Waals surface area contributed by atoms with Gasteiger partial charge in [-0.2, -0.15) is 0 Å². The second-order valence-corrected chi connectivity index (χ2v) is 8.45. The first kappa shape index (κ1) is 19.6. The summed E-state index contributed by atoms with van der Waals surface area (Å²) in [5.74, 6) is 0.244. The molecule has 2 unspecified atom stereocenters. The molecule has 4 rings (SSSR count). The van der Waals surface area contributed by atoms with Gasteiger partial charge in [0.05, 0.1) is 19.2 Å². The van der Waals surface area contributed by atoms with Crippen LogP contribution >= 0.6 is 15.9 Å². The van der Waals surface area contributed by atoms with E-state index in [1.807, 2.05) is 29.3 Å². The number of piperidine rings is 1. The first-order valence-electron chi connectivity index (χ1n) is 9.99. The fraction of sp³-hybridized carbons (Fsp3) is 0.455. The molecule has 5 nitrogen and oxygen atoms in total. The van der Waals surface area contributed by atoms with E-state index in [0.29, 0.717) is 19.7 Å². The Morgan fingerprint density at radius 1 is 1.18 bits per heavy atom. The van der Waals surface area contributed by atoms with Gasteiger partial charge in [-0.05, 0) is 48.7 Å². The minimum absolute atomic E-state index is 0.0439. The number of aromatic nitrogens is 1. The number of nitrogens with zero attached hydrogens (tertiary/aromatic N) is 3. The van der Waals surface area contributed by atoms with Crippen LogP contribution in [0.5, 0.6) is 0 Å². The number of likely N-dealkylation sites (tertiary alicyclic amines) is 1. The van der Waals surface area contributed by atoms with Crippen molar-refractivity contribution in [1.82, 2.24) is 14.8 Å². The third kappa shape index (κ3) is 4.62. The third-order valence-electron chi connectivity index (χ3n) is 5.63. The number of benzene rings is 1. The number of carbonyl (C=O) groups is 1. The van der Waals surface area contributed by atoms with E-state index in [1.54, 1.807) is 6.20 Å². The van der Waals surface area contributed by atoms with Gasteiger partial charge in [-0.25, -0.2) is 0 Å². The van der Waals surface area contributed by atoms with E-state index in [4.69, 9.17) is 4.74 Å². The maximum absolute atomic E-state index is 13.4. The van der Waals surface area contributed by atoms with E-state index in [-0.39, 0.29) is 18.1 Å². The zero-order valence-electron chi connectivity index (χ0n) is 16.0. The van der Waals surface area contributed by atoms with Crippen LogP contribution in [0.2, 0.25) is 0 Å². The lowest BCUT2D eigenvalue weighted by Crippen LogP contribution is -2.53. The van der Waals surface area contributed by atoms with Crippen molar-refractivity contribution in [3.63, 3.8) is 0 Å². The summed E-state index contributed by atoms with van der Waals surface area (Å²) in [6.45, 7) is 3.62. The van der Waals surface area contributed by atoms with Gasteiger partial charge in [-0.3, -0.25) is 14.7 Å². The molecule has 0 saturated carbocycles. The van der Waals surface area contributed by atoms with Crippen molar-refractivity contribution in [2.45, 2.75) is 38.0 Å². The van der Waals surface area contributed by atoms with Crippen LogP contribution in [0.25, 0.3) is 0 Å². The van der Waals surface area contributed by atoms with Gasteiger partial charge in [0.25, 0.3) is 0 Å². The van der Waals surface area contributed by atoms with Crippen LogP contribution in [0.3, 0.4) is 0 Å². The van der Waals surface area contributed by atoms with E-state index < -0.39 is 0 Å². The number of halogens is 1. The molecule has 0 N–H and O–H groups in total. The summed E-state index contributed by atoms with van der Waals surface area (Å²) in [7, 11) is 0. The second kappa shape index (κ2) is 9.16. The Hall–Kier alpha value is -1.76. The Labute approximate surface area is 174 Å². The van der Waals surface area contributed by atoms with E-state index in [9.17, 15) is 4.79 Å². The lowest BCUT2D eigenvalue weighted by molar-refractivity contribution is -0.146. The maximum atomic E-state index is 13.4. The average molecular weight is 444 g/mol. The molecule has 2 atom stereocenters. The molecule has 2 fully saturated rings. The van der Waals surface area contributed by atoms with Gasteiger partial charge in [-0.1, -0.05) is 40.5 Å². The first-order chi connectivity index (χ1) is 13.7. The highest BCUT2D eigenvalue weighted by Gasteiger charge is 2.34. The molecular formula is C22H26BrN3O2. The molecule has 0 spiro atoms. The van der Waals surface area contributed by atoms with Crippen LogP contribution in [-0.2, 0) is 16.1 Å². The standard InChI is InChI=1S/C22H26BrN3O2/c23-19-8-6-18(7-9-19)21-16-26(12-13-28-21)22(27)20-5-1-2-11-25(20)15-17-4-3-10-24-14-17/h3-4,6-10,14,20-21H,1-2,5,11-13,15-16H2. The molecule has 1 aromatic heterocycles. The molecular weight excluding hydrogens is 418 g/mol. The van der Waals surface area contributed by atoms with Gasteiger partial charge in [0, 0.05) is 30.0 Å². The van der Waals surface area contributed by atoms with Crippen LogP contribution in [0, 0.1) is 0 Å². The Bertz CT molecular complexity index is 784. The quantitative estimate of drug-likeness (QED) is 0.720. The highest BCUT2D eigenvalue weighted by molar-refractivity contribution is 9.10. The third-order valence-corrected chi connectivity index (χ3v) is 6.16. The molecule has 0 aliphatic carbocycles. The predicted octanol–water partition coefficient (Wildman–Crippen LogP) is 3.80. The monoisotopic (exact) mass is 443 g/mol. The van der Waals surface area contributed by atoms with Crippen molar-refractivity contribution in [2.75, 3.05) is 26.2 Å². The zero-order valence-corrected chi connectivity index (χ0v) is 17.6. The molecule has 28 heavy (non-hydrogen) atoms. The summed E-state index contributed by atoms with van der Waals surface area (Å²) >= 11 is 3.48. The minimum Gasteiger partial charge on any atom is -0.370 e. The van der Waals surface area contributed by atoms with Crippen LogP contribution in [0.4, 0.5) is 0 Å². The number of morpholine rings is 1. The molecule has 6 heteroatoms. The van der Waals surface area contributed by atoms with Gasteiger partial charge >= 0.3 is 0 Å². The van der Waals surface area contributed by atoms with Gasteiger partial charge in [-0.15, -0.1) is 0 Å². The van der Waals surface area contributed by atoms with E-state index in [0.717, 1.165) is 48.0 Å². The van der Waals surface area contributed by atoms with Crippen molar-refractivity contribution >= 4 is 21.8 Å². The Balaban J connectivity index is 1.44. The highest BCUT2D eigenvalue weighted by atomic mass is 79.9. The molecule has 1 aromatic carbocycles. The topological polar surface area (TPSA) is 45.7 Å². The van der Waals surface area contributed by atoms with Crippen LogP contribution in [-0.4, -0.2) is 53.0 Å². The smallest absolute Gasteiger partial charge is 0.240 e. The predicted molar refractivity (Wildman–Crippen MR) is 112 cm³/mol. The normalized spacial score (nSPS) is 23.5. The van der Waals surface area contributed by atoms with Crippen molar-refractivity contribution < 1.29 is 9.53 Å². The van der Waals surface area contributed by atoms with E-state index >= 15 is 0 Å². The van der Waals surface area contributed by atoms with Gasteiger partial charge < -0.3 is 9.64 Å². The molecule has 2 aliphatic heterocycles. The highest BCUT2D eigenvalue weighted by Crippen LogP contribution is 2.27. The molecule has 2 aromatic rings. The summed E-state index contributed by atoms with van der Waals surface area (Å²) < 4.78 is 7.01. The summed E-state index contributed by atoms with van der Waals surface area (Å²) in [5, 5.41) is 0. The Morgan fingerprint density at radius 2 is 2.04 bits per heavy atom. The zero-order chi connectivity index (χ0) is 19.3. The second-order valence-electron chi connectivity index (χ2n) is 7.54. The van der Waals surface area contributed by atoms with Gasteiger partial charge in [0.2, 0.25) is 5.91 Å². The number of hydrogen-bond acceptors (Lipinski definition) is 4. The number of ether oxygens (including phenoxy) is 1. The lowest BCUT2D eigenvalue weighted by Gasteiger charge is -2.40. The fourth-order valence-electron chi connectivity index (χ4n) is 4.13. The summed E-state index contributed by atoms with van der Waals surface area (Å²) in [5.41, 5.74) is 2.29. The Morgan fingerprint density at radius 3 is 2.82 bits per heavy atom. The van der Waals surface area contributed by atoms with Crippen molar-refractivity contribution in [3.05, 3.63) is 64.4 Å². The molecule has 1 amide bonds.